The lowest BCUT2D eigenvalue weighted by Crippen LogP contribution is -2.03. The van der Waals surface area contributed by atoms with Crippen molar-refractivity contribution in [3.8, 4) is 0 Å². The van der Waals surface area contributed by atoms with Gasteiger partial charge in [0.1, 0.15) is 0 Å². The topological polar surface area (TPSA) is 44.8 Å². The van der Waals surface area contributed by atoms with E-state index >= 15 is 0 Å². The van der Waals surface area contributed by atoms with E-state index in [4.69, 9.17) is 25.4 Å². The Hall–Kier alpha value is 0.0400. The van der Waals surface area contributed by atoms with Gasteiger partial charge in [0.15, 0.2) is 0 Å². The number of hydrogen-bond acceptors (Lipinski definition) is 5. The minimum Gasteiger partial charge on any atom is -0.392 e. The number of carbonyl (C=O) groups is 1. The van der Waals surface area contributed by atoms with Crippen molar-refractivity contribution in [1.82, 2.24) is 0 Å². The van der Waals surface area contributed by atoms with Gasteiger partial charge >= 0.3 is 12.7 Å². The lowest BCUT2D eigenvalue weighted by Gasteiger charge is -2.18. The summed E-state index contributed by atoms with van der Waals surface area (Å²) in [6, 6.07) is 0. The Labute approximate surface area is 77.4 Å². The van der Waals surface area contributed by atoms with Crippen LogP contribution in [0.5, 0.6) is 0 Å². The molecule has 0 heterocycles. The van der Waals surface area contributed by atoms with Crippen molar-refractivity contribution in [3.05, 3.63) is 0 Å². The van der Waals surface area contributed by atoms with Gasteiger partial charge < -0.3 is 4.52 Å². The molecular weight excluding hydrogens is 199 g/mol. The van der Waals surface area contributed by atoms with Gasteiger partial charge in [0, 0.05) is 18.7 Å². The van der Waals surface area contributed by atoms with Crippen molar-refractivity contribution in [3.63, 3.8) is 0 Å². The lowest BCUT2D eigenvalue weighted by atomic mass is 10.9. The van der Waals surface area contributed by atoms with Crippen molar-refractivity contribution in [2.45, 2.75) is 20.8 Å². The molecule has 0 aromatic carbocycles. The Morgan fingerprint density at radius 3 is 2.00 bits per heavy atom. The molecule has 0 saturated heterocycles. The standard InChI is InChI=1S/C6H13O4PS/c1-4-8-11(12,9-5-2)10-6(3)7/h4-5H2,1-3H3. The molecule has 0 radical (unpaired) electrons. The summed E-state index contributed by atoms with van der Waals surface area (Å²) >= 11 is 4.90. The molecule has 6 heteroatoms. The van der Waals surface area contributed by atoms with Gasteiger partial charge in [-0.25, -0.2) is 0 Å². The van der Waals surface area contributed by atoms with E-state index in [1.165, 1.54) is 6.92 Å². The van der Waals surface area contributed by atoms with E-state index in [9.17, 15) is 4.79 Å². The highest BCUT2D eigenvalue weighted by Gasteiger charge is 2.21. The van der Waals surface area contributed by atoms with Crippen LogP contribution in [-0.2, 0) is 30.2 Å². The smallest absolute Gasteiger partial charge is 0.382 e. The van der Waals surface area contributed by atoms with Gasteiger partial charge in [0.2, 0.25) is 0 Å². The van der Waals surface area contributed by atoms with E-state index < -0.39 is 12.7 Å². The first kappa shape index (κ1) is 12.0. The van der Waals surface area contributed by atoms with E-state index in [1.807, 2.05) is 0 Å². The van der Waals surface area contributed by atoms with E-state index in [1.54, 1.807) is 13.8 Å². The minimum absolute atomic E-state index is 0.380. The largest absolute Gasteiger partial charge is 0.392 e. The van der Waals surface area contributed by atoms with Crippen LogP contribution in [0.25, 0.3) is 0 Å². The summed E-state index contributed by atoms with van der Waals surface area (Å²) in [6.07, 6.45) is 0. The Kier molecular flexibility index (Phi) is 5.66. The average molecular weight is 212 g/mol. The Morgan fingerprint density at radius 2 is 1.75 bits per heavy atom. The highest BCUT2D eigenvalue weighted by molar-refractivity contribution is 8.07. The van der Waals surface area contributed by atoms with Crippen LogP contribution in [0.15, 0.2) is 0 Å². The first-order valence-corrected chi connectivity index (χ1v) is 6.19. The van der Waals surface area contributed by atoms with Crippen molar-refractivity contribution >= 4 is 24.5 Å². The molecule has 0 aliphatic carbocycles. The molecular formula is C6H13O4PS. The third-order valence-electron chi connectivity index (χ3n) is 0.815. The molecule has 0 atom stereocenters. The Bertz CT molecular complexity index is 184. The van der Waals surface area contributed by atoms with Gasteiger partial charge in [-0.1, -0.05) is 0 Å². The first-order chi connectivity index (χ1) is 5.54. The van der Waals surface area contributed by atoms with Crippen LogP contribution in [0.1, 0.15) is 20.8 Å². The Balaban J connectivity index is 4.18. The minimum atomic E-state index is -2.79. The van der Waals surface area contributed by atoms with E-state index in [0.29, 0.717) is 13.2 Å². The fraction of sp³-hybridized carbons (Fsp3) is 0.833. The molecule has 0 amide bonds. The highest BCUT2D eigenvalue weighted by Crippen LogP contribution is 2.49. The zero-order valence-corrected chi connectivity index (χ0v) is 9.11. The predicted molar refractivity (Wildman–Crippen MR) is 49.3 cm³/mol. The lowest BCUT2D eigenvalue weighted by molar-refractivity contribution is -0.132. The van der Waals surface area contributed by atoms with Gasteiger partial charge in [-0.3, -0.25) is 13.8 Å². The summed E-state index contributed by atoms with van der Waals surface area (Å²) in [7, 11) is 0. The summed E-state index contributed by atoms with van der Waals surface area (Å²) in [5.41, 5.74) is 0. The number of carbonyl (C=O) groups excluding carboxylic acids is 1. The maximum Gasteiger partial charge on any atom is 0.382 e. The van der Waals surface area contributed by atoms with Crippen LogP contribution >= 0.6 is 6.72 Å². The van der Waals surface area contributed by atoms with Gasteiger partial charge in [-0.05, 0) is 13.8 Å². The Morgan fingerprint density at radius 1 is 1.33 bits per heavy atom. The molecule has 0 N–H and O–H groups in total. The van der Waals surface area contributed by atoms with Gasteiger partial charge in [0.25, 0.3) is 0 Å². The molecule has 0 unspecified atom stereocenters. The summed E-state index contributed by atoms with van der Waals surface area (Å²) in [5, 5.41) is 0. The fourth-order valence-electron chi connectivity index (χ4n) is 0.564. The number of hydrogen-bond donors (Lipinski definition) is 0. The summed E-state index contributed by atoms with van der Waals surface area (Å²) in [4.78, 5) is 10.6. The molecule has 0 aliphatic rings. The normalized spacial score (nSPS) is 11.2. The predicted octanol–water partition coefficient (Wildman–Crippen LogP) is 1.85. The molecule has 0 aromatic heterocycles. The second-order valence-corrected chi connectivity index (χ2v) is 4.80. The molecule has 12 heavy (non-hydrogen) atoms. The van der Waals surface area contributed by atoms with Crippen LogP contribution < -0.4 is 0 Å². The fourth-order valence-corrected chi connectivity index (χ4v) is 2.64. The second-order valence-electron chi connectivity index (χ2n) is 1.87. The van der Waals surface area contributed by atoms with Gasteiger partial charge in [-0.2, -0.15) is 0 Å². The van der Waals surface area contributed by atoms with Crippen LogP contribution in [0, 0.1) is 0 Å². The van der Waals surface area contributed by atoms with E-state index in [-0.39, 0.29) is 0 Å². The summed E-state index contributed by atoms with van der Waals surface area (Å²) in [5.74, 6) is -0.472. The van der Waals surface area contributed by atoms with Crippen molar-refractivity contribution in [2.24, 2.45) is 0 Å². The zero-order valence-electron chi connectivity index (χ0n) is 7.40. The van der Waals surface area contributed by atoms with Gasteiger partial charge in [0.05, 0.1) is 13.2 Å². The molecule has 0 bridgehead atoms. The average Bonchev–Trinajstić information content (AvgIpc) is 1.85. The second kappa shape index (κ2) is 5.65. The van der Waals surface area contributed by atoms with E-state index in [2.05, 4.69) is 0 Å². The van der Waals surface area contributed by atoms with Crippen molar-refractivity contribution in [2.75, 3.05) is 13.2 Å². The first-order valence-electron chi connectivity index (χ1n) is 3.63. The molecule has 72 valence electrons. The molecule has 0 fully saturated rings. The maximum absolute atomic E-state index is 10.6. The van der Waals surface area contributed by atoms with Crippen molar-refractivity contribution in [1.29, 1.82) is 0 Å². The third-order valence-corrected chi connectivity index (χ3v) is 3.30. The van der Waals surface area contributed by atoms with E-state index in [0.717, 1.165) is 0 Å². The van der Waals surface area contributed by atoms with Crippen LogP contribution in [-0.4, -0.2) is 19.2 Å². The monoisotopic (exact) mass is 212 g/mol. The quantitative estimate of drug-likeness (QED) is 0.651. The molecule has 0 aliphatic heterocycles. The molecule has 0 spiro atoms. The SMILES string of the molecule is CCOP(=S)(OCC)OC(C)=O. The van der Waals surface area contributed by atoms with Crippen LogP contribution in [0.2, 0.25) is 0 Å². The van der Waals surface area contributed by atoms with Gasteiger partial charge in [-0.15, -0.1) is 0 Å². The zero-order chi connectivity index (χ0) is 9.61. The third kappa shape index (κ3) is 4.83. The maximum atomic E-state index is 10.6. The summed E-state index contributed by atoms with van der Waals surface area (Å²) in [6.45, 7) is 2.78. The molecule has 0 aromatic rings. The molecule has 0 rings (SSSR count). The van der Waals surface area contributed by atoms with Crippen LogP contribution in [0.4, 0.5) is 0 Å². The molecule has 0 saturated carbocycles. The van der Waals surface area contributed by atoms with Crippen molar-refractivity contribution < 1.29 is 18.4 Å². The summed E-state index contributed by atoms with van der Waals surface area (Å²) < 4.78 is 14.8. The number of rotatable bonds is 5. The molecule has 4 nitrogen and oxygen atoms in total. The highest BCUT2D eigenvalue weighted by atomic mass is 32.5. The van der Waals surface area contributed by atoms with Crippen LogP contribution in [0.3, 0.4) is 0 Å².